The van der Waals surface area contributed by atoms with Gasteiger partial charge in [0.2, 0.25) is 0 Å². The fraction of sp³-hybridized carbons (Fsp3) is 0.333. The highest BCUT2D eigenvalue weighted by atomic mass is 19.4. The van der Waals surface area contributed by atoms with Gasteiger partial charge in [-0.15, -0.1) is 13.2 Å². The zero-order chi connectivity index (χ0) is 23.7. The monoisotopic (exact) mass is 449 g/mol. The number of ether oxygens (including phenoxy) is 1. The van der Waals surface area contributed by atoms with Crippen LogP contribution in [-0.2, 0) is 7.05 Å². The van der Waals surface area contributed by atoms with E-state index in [4.69, 9.17) is 0 Å². The summed E-state index contributed by atoms with van der Waals surface area (Å²) in [7, 11) is 1.71. The van der Waals surface area contributed by atoms with Crippen molar-refractivity contribution in [3.05, 3.63) is 48.4 Å². The number of aryl methyl sites for hydroxylation is 1. The lowest BCUT2D eigenvalue weighted by atomic mass is 10.0. The average molecular weight is 449 g/mol. The first kappa shape index (κ1) is 23.2. The summed E-state index contributed by atoms with van der Waals surface area (Å²) in [5.41, 5.74) is 0.193. The second-order valence-electron chi connectivity index (χ2n) is 7.79. The van der Waals surface area contributed by atoms with Gasteiger partial charge >= 0.3 is 6.36 Å². The first-order valence-corrected chi connectivity index (χ1v) is 9.59. The van der Waals surface area contributed by atoms with Gasteiger partial charge in [0.15, 0.2) is 5.82 Å². The number of hydrogen-bond donors (Lipinski definition) is 2. The predicted molar refractivity (Wildman–Crippen MR) is 110 cm³/mol. The molecule has 0 aliphatic rings. The molecule has 0 saturated carbocycles. The summed E-state index contributed by atoms with van der Waals surface area (Å²) in [6, 6.07) is 5.96. The number of carbonyl (C=O) groups is 1. The molecule has 3 aromatic rings. The molecule has 0 fully saturated rings. The van der Waals surface area contributed by atoms with Crippen molar-refractivity contribution in [2.75, 3.05) is 0 Å². The molecule has 0 saturated heterocycles. The summed E-state index contributed by atoms with van der Waals surface area (Å²) < 4.78 is 42.7. The number of halogens is 3. The molecule has 0 spiro atoms. The highest BCUT2D eigenvalue weighted by Gasteiger charge is 2.31. The van der Waals surface area contributed by atoms with Crippen molar-refractivity contribution in [3.63, 3.8) is 0 Å². The Morgan fingerprint density at radius 3 is 2.34 bits per heavy atom. The summed E-state index contributed by atoms with van der Waals surface area (Å²) in [6.07, 6.45) is -1.60. The number of benzene rings is 1. The van der Waals surface area contributed by atoms with Gasteiger partial charge in [0.1, 0.15) is 11.4 Å². The molecule has 1 atom stereocenters. The van der Waals surface area contributed by atoms with E-state index in [0.29, 0.717) is 16.8 Å². The van der Waals surface area contributed by atoms with E-state index in [1.54, 1.807) is 38.7 Å². The number of nitrogens with one attached hydrogen (secondary N) is 1. The van der Waals surface area contributed by atoms with E-state index in [9.17, 15) is 23.1 Å². The summed E-state index contributed by atoms with van der Waals surface area (Å²) in [5.74, 6) is -0.697. The average Bonchev–Trinajstić information content (AvgIpc) is 3.12. The third kappa shape index (κ3) is 5.82. The van der Waals surface area contributed by atoms with Crippen LogP contribution in [-0.4, -0.2) is 48.8 Å². The lowest BCUT2D eigenvalue weighted by molar-refractivity contribution is -0.274. The number of carbonyl (C=O) groups excluding carboxylic acids is 1. The second kappa shape index (κ2) is 8.58. The SMILES string of the molecule is CC(NC(=O)c1cc(-c2ccc(OC(F)(F)F)cc2)nc(-c2cnn(C)c2)n1)C(C)(C)O. The third-order valence-electron chi connectivity index (χ3n) is 4.71. The van der Waals surface area contributed by atoms with E-state index in [2.05, 4.69) is 25.1 Å². The number of alkyl halides is 3. The summed E-state index contributed by atoms with van der Waals surface area (Å²) in [6.45, 7) is 4.78. The van der Waals surface area contributed by atoms with Crippen LogP contribution in [0.4, 0.5) is 13.2 Å². The zero-order valence-corrected chi connectivity index (χ0v) is 17.8. The minimum Gasteiger partial charge on any atom is -0.406 e. The molecule has 11 heteroatoms. The number of nitrogens with zero attached hydrogens (tertiary/aromatic N) is 4. The predicted octanol–water partition coefficient (Wildman–Crippen LogP) is 3.33. The third-order valence-corrected chi connectivity index (χ3v) is 4.71. The normalized spacial score (nSPS) is 13.0. The molecule has 170 valence electrons. The molecule has 1 amide bonds. The van der Waals surface area contributed by atoms with Crippen LogP contribution in [0.3, 0.4) is 0 Å². The van der Waals surface area contributed by atoms with Crippen LogP contribution in [0.25, 0.3) is 22.6 Å². The number of hydrogen-bond acceptors (Lipinski definition) is 6. The smallest absolute Gasteiger partial charge is 0.406 e. The van der Waals surface area contributed by atoms with Crippen LogP contribution < -0.4 is 10.1 Å². The van der Waals surface area contributed by atoms with Gasteiger partial charge in [0.05, 0.1) is 29.1 Å². The Bertz CT molecular complexity index is 1110. The zero-order valence-electron chi connectivity index (χ0n) is 17.8. The summed E-state index contributed by atoms with van der Waals surface area (Å²) in [5, 5.41) is 16.9. The molecule has 8 nitrogen and oxygen atoms in total. The number of rotatable bonds is 6. The van der Waals surface area contributed by atoms with E-state index in [1.165, 1.54) is 24.4 Å². The maximum Gasteiger partial charge on any atom is 0.573 e. The second-order valence-corrected chi connectivity index (χ2v) is 7.79. The minimum atomic E-state index is -4.80. The standard InChI is InChI=1S/C21H22F3N5O3/c1-12(20(2,3)31)26-19(30)17-9-16(27-18(28-17)14-10-25-29(4)11-14)13-5-7-15(8-6-13)32-21(22,23)24/h5-12,31H,1-4H3,(H,26,30). The molecule has 0 radical (unpaired) electrons. The van der Waals surface area contributed by atoms with Crippen LogP contribution in [0.2, 0.25) is 0 Å². The molecule has 2 heterocycles. The summed E-state index contributed by atoms with van der Waals surface area (Å²) >= 11 is 0. The van der Waals surface area contributed by atoms with Crippen LogP contribution in [0, 0.1) is 0 Å². The van der Waals surface area contributed by atoms with E-state index in [1.807, 2.05) is 0 Å². The number of aliphatic hydroxyl groups is 1. The Morgan fingerprint density at radius 1 is 1.16 bits per heavy atom. The Morgan fingerprint density at radius 2 is 1.81 bits per heavy atom. The maximum atomic E-state index is 12.8. The highest BCUT2D eigenvalue weighted by Crippen LogP contribution is 2.27. The molecule has 1 unspecified atom stereocenters. The van der Waals surface area contributed by atoms with Crippen LogP contribution in [0.1, 0.15) is 31.3 Å². The van der Waals surface area contributed by atoms with Gasteiger partial charge < -0.3 is 15.2 Å². The van der Waals surface area contributed by atoms with Crippen LogP contribution in [0.5, 0.6) is 5.75 Å². The lowest BCUT2D eigenvalue weighted by Crippen LogP contribution is -2.47. The number of aromatic nitrogens is 4. The van der Waals surface area contributed by atoms with Crippen molar-refractivity contribution >= 4 is 5.91 Å². The van der Waals surface area contributed by atoms with E-state index in [-0.39, 0.29) is 17.3 Å². The fourth-order valence-corrected chi connectivity index (χ4v) is 2.65. The lowest BCUT2D eigenvalue weighted by Gasteiger charge is -2.26. The fourth-order valence-electron chi connectivity index (χ4n) is 2.65. The Labute approximate surface area is 182 Å². The van der Waals surface area contributed by atoms with Gasteiger partial charge in [-0.25, -0.2) is 9.97 Å². The molecule has 1 aromatic carbocycles. The molecule has 0 bridgehead atoms. The Hall–Kier alpha value is -3.47. The largest absolute Gasteiger partial charge is 0.573 e. The highest BCUT2D eigenvalue weighted by molar-refractivity contribution is 5.94. The Kier molecular flexibility index (Phi) is 6.22. The topological polar surface area (TPSA) is 102 Å². The van der Waals surface area contributed by atoms with E-state index >= 15 is 0 Å². The van der Waals surface area contributed by atoms with Crippen molar-refractivity contribution in [1.29, 1.82) is 0 Å². The minimum absolute atomic E-state index is 0.0283. The van der Waals surface area contributed by atoms with Gasteiger partial charge in [-0.3, -0.25) is 9.48 Å². The maximum absolute atomic E-state index is 12.8. The first-order chi connectivity index (χ1) is 14.8. The quantitative estimate of drug-likeness (QED) is 0.599. The molecule has 3 rings (SSSR count). The Balaban J connectivity index is 2.00. The van der Waals surface area contributed by atoms with Gasteiger partial charge in [-0.1, -0.05) is 0 Å². The van der Waals surface area contributed by atoms with Gasteiger partial charge in [-0.05, 0) is 51.1 Å². The van der Waals surface area contributed by atoms with Crippen molar-refractivity contribution in [2.45, 2.75) is 38.8 Å². The van der Waals surface area contributed by atoms with Crippen molar-refractivity contribution in [1.82, 2.24) is 25.1 Å². The van der Waals surface area contributed by atoms with E-state index in [0.717, 1.165) is 12.1 Å². The molecular weight excluding hydrogens is 427 g/mol. The van der Waals surface area contributed by atoms with Gasteiger partial charge in [0, 0.05) is 18.8 Å². The molecule has 0 aliphatic carbocycles. The van der Waals surface area contributed by atoms with Crippen LogP contribution in [0.15, 0.2) is 42.7 Å². The van der Waals surface area contributed by atoms with Crippen LogP contribution >= 0.6 is 0 Å². The van der Waals surface area contributed by atoms with Crippen molar-refractivity contribution < 1.29 is 27.8 Å². The molecule has 32 heavy (non-hydrogen) atoms. The van der Waals surface area contributed by atoms with Crippen molar-refractivity contribution in [2.24, 2.45) is 7.05 Å². The molecule has 2 N–H and O–H groups in total. The summed E-state index contributed by atoms with van der Waals surface area (Å²) in [4.78, 5) is 21.6. The first-order valence-electron chi connectivity index (χ1n) is 9.59. The molecule has 0 aliphatic heterocycles. The van der Waals surface area contributed by atoms with Crippen molar-refractivity contribution in [3.8, 4) is 28.4 Å². The molecular formula is C21H22F3N5O3. The van der Waals surface area contributed by atoms with E-state index < -0.39 is 23.9 Å². The van der Waals surface area contributed by atoms with Gasteiger partial charge in [-0.2, -0.15) is 5.10 Å². The molecule has 2 aromatic heterocycles. The van der Waals surface area contributed by atoms with Gasteiger partial charge in [0.25, 0.3) is 5.91 Å². The number of amides is 1.